The Balaban J connectivity index is 2.01. The normalized spacial score (nSPS) is 13.1. The van der Waals surface area contributed by atoms with Gasteiger partial charge < -0.3 is 10.5 Å². The van der Waals surface area contributed by atoms with Crippen molar-refractivity contribution in [3.63, 3.8) is 0 Å². The zero-order chi connectivity index (χ0) is 15.5. The molecule has 2 aromatic rings. The highest BCUT2D eigenvalue weighted by atomic mass is 19.4. The first kappa shape index (κ1) is 14.9. The number of hydrogen-bond acceptors (Lipinski definition) is 6. The summed E-state index contributed by atoms with van der Waals surface area (Å²) >= 11 is 0. The first-order valence-corrected chi connectivity index (χ1v) is 5.69. The number of anilines is 1. The summed E-state index contributed by atoms with van der Waals surface area (Å²) in [5.74, 6) is -0.0179. The molecule has 11 heteroatoms. The van der Waals surface area contributed by atoms with Crippen molar-refractivity contribution in [3.05, 3.63) is 18.7 Å². The standard InChI is InChI=1S/C10H10F4N6O/c11-6(10(12,13)14)1-2-21-8-3-7(18-9(15)19-8)20-5-16-4-17-20/h3-6H,1-2H2,(H2,15,18,19). The molecule has 21 heavy (non-hydrogen) atoms. The largest absolute Gasteiger partial charge is 0.477 e. The summed E-state index contributed by atoms with van der Waals surface area (Å²) < 4.78 is 54.9. The van der Waals surface area contributed by atoms with Gasteiger partial charge in [-0.25, -0.2) is 14.1 Å². The molecule has 0 radical (unpaired) electrons. The van der Waals surface area contributed by atoms with Crippen molar-refractivity contribution in [2.45, 2.75) is 18.8 Å². The van der Waals surface area contributed by atoms with E-state index in [1.165, 1.54) is 23.4 Å². The maximum absolute atomic E-state index is 12.7. The molecule has 0 amide bonds. The van der Waals surface area contributed by atoms with Crippen molar-refractivity contribution in [1.82, 2.24) is 24.7 Å². The Morgan fingerprint density at radius 3 is 2.71 bits per heavy atom. The van der Waals surface area contributed by atoms with Crippen LogP contribution in [-0.2, 0) is 0 Å². The van der Waals surface area contributed by atoms with Crippen molar-refractivity contribution in [2.24, 2.45) is 0 Å². The topological polar surface area (TPSA) is 91.7 Å². The summed E-state index contributed by atoms with van der Waals surface area (Å²) in [7, 11) is 0. The minimum atomic E-state index is -4.90. The number of alkyl halides is 4. The predicted octanol–water partition coefficient (Wildman–Crippen LogP) is 1.31. The smallest absolute Gasteiger partial charge is 0.419 e. The molecule has 2 aromatic heterocycles. The van der Waals surface area contributed by atoms with Crippen LogP contribution in [0.3, 0.4) is 0 Å². The highest BCUT2D eigenvalue weighted by Crippen LogP contribution is 2.25. The van der Waals surface area contributed by atoms with Gasteiger partial charge in [0.05, 0.1) is 6.61 Å². The lowest BCUT2D eigenvalue weighted by Gasteiger charge is -2.12. The first-order valence-electron chi connectivity index (χ1n) is 5.69. The van der Waals surface area contributed by atoms with Crippen LogP contribution in [0.4, 0.5) is 23.5 Å². The average molecular weight is 306 g/mol. The van der Waals surface area contributed by atoms with Crippen LogP contribution in [0.25, 0.3) is 5.82 Å². The number of nitrogen functional groups attached to an aromatic ring is 1. The van der Waals surface area contributed by atoms with Crippen LogP contribution in [0.5, 0.6) is 5.88 Å². The quantitative estimate of drug-likeness (QED) is 0.837. The van der Waals surface area contributed by atoms with Crippen LogP contribution in [-0.4, -0.2) is 43.7 Å². The lowest BCUT2D eigenvalue weighted by Crippen LogP contribution is -2.26. The molecule has 0 aliphatic carbocycles. The summed E-state index contributed by atoms with van der Waals surface area (Å²) in [5, 5.41) is 3.80. The van der Waals surface area contributed by atoms with Gasteiger partial charge in [0.25, 0.3) is 0 Å². The molecule has 0 bridgehead atoms. The SMILES string of the molecule is Nc1nc(OCCC(F)C(F)(F)F)cc(-n2cncn2)n1. The van der Waals surface area contributed by atoms with E-state index in [4.69, 9.17) is 10.5 Å². The molecule has 1 atom stereocenters. The zero-order valence-electron chi connectivity index (χ0n) is 10.5. The molecule has 114 valence electrons. The second-order valence-electron chi connectivity index (χ2n) is 3.91. The molecule has 0 saturated carbocycles. The molecule has 0 aliphatic heterocycles. The van der Waals surface area contributed by atoms with Crippen LogP contribution in [0.2, 0.25) is 0 Å². The van der Waals surface area contributed by atoms with E-state index in [0.29, 0.717) is 0 Å². The van der Waals surface area contributed by atoms with Gasteiger partial charge in [-0.3, -0.25) is 0 Å². The molecule has 0 aromatic carbocycles. The second kappa shape index (κ2) is 5.89. The summed E-state index contributed by atoms with van der Waals surface area (Å²) in [6.07, 6.45) is -6.10. The van der Waals surface area contributed by atoms with Gasteiger partial charge in [0.2, 0.25) is 11.8 Å². The molecule has 0 fully saturated rings. The Kier molecular flexibility index (Phi) is 4.19. The lowest BCUT2D eigenvalue weighted by atomic mass is 10.3. The number of ether oxygens (including phenoxy) is 1. The van der Waals surface area contributed by atoms with E-state index in [1.54, 1.807) is 0 Å². The molecule has 2 rings (SSSR count). The fourth-order valence-corrected chi connectivity index (χ4v) is 1.38. The molecule has 7 nitrogen and oxygen atoms in total. The van der Waals surface area contributed by atoms with Crippen molar-refractivity contribution >= 4 is 5.95 Å². The third-order valence-corrected chi connectivity index (χ3v) is 2.34. The second-order valence-corrected chi connectivity index (χ2v) is 3.91. The Morgan fingerprint density at radius 1 is 1.33 bits per heavy atom. The highest BCUT2D eigenvalue weighted by Gasteiger charge is 2.39. The summed E-state index contributed by atoms with van der Waals surface area (Å²) in [5.41, 5.74) is 5.45. The van der Waals surface area contributed by atoms with Gasteiger partial charge in [0, 0.05) is 12.5 Å². The summed E-state index contributed by atoms with van der Waals surface area (Å²) in [6, 6.07) is 1.30. The molecule has 0 aliphatic rings. The van der Waals surface area contributed by atoms with Crippen LogP contribution in [0, 0.1) is 0 Å². The number of nitrogens with zero attached hydrogens (tertiary/aromatic N) is 5. The molecular formula is C10H10F4N6O. The Bertz CT molecular complexity index is 588. The van der Waals surface area contributed by atoms with Crippen molar-refractivity contribution in [1.29, 1.82) is 0 Å². The highest BCUT2D eigenvalue weighted by molar-refractivity contribution is 5.33. The van der Waals surface area contributed by atoms with Gasteiger partial charge >= 0.3 is 6.18 Å². The Morgan fingerprint density at radius 2 is 2.10 bits per heavy atom. The summed E-state index contributed by atoms with van der Waals surface area (Å²) in [4.78, 5) is 11.2. The van der Waals surface area contributed by atoms with E-state index in [-0.39, 0.29) is 17.6 Å². The molecule has 2 heterocycles. The van der Waals surface area contributed by atoms with Crippen molar-refractivity contribution < 1.29 is 22.3 Å². The van der Waals surface area contributed by atoms with E-state index in [0.717, 1.165) is 0 Å². The van der Waals surface area contributed by atoms with Crippen LogP contribution >= 0.6 is 0 Å². The minimum Gasteiger partial charge on any atom is -0.477 e. The number of nitrogens with two attached hydrogens (primary N) is 1. The number of halogens is 4. The number of rotatable bonds is 5. The van der Waals surface area contributed by atoms with E-state index in [2.05, 4.69) is 20.1 Å². The molecule has 0 spiro atoms. The van der Waals surface area contributed by atoms with E-state index < -0.39 is 25.4 Å². The van der Waals surface area contributed by atoms with Gasteiger partial charge in [0.1, 0.15) is 12.7 Å². The van der Waals surface area contributed by atoms with Gasteiger partial charge in [0.15, 0.2) is 12.0 Å². The fraction of sp³-hybridized carbons (Fsp3) is 0.400. The fourth-order valence-electron chi connectivity index (χ4n) is 1.38. The van der Waals surface area contributed by atoms with E-state index in [9.17, 15) is 17.6 Å². The monoisotopic (exact) mass is 306 g/mol. The van der Waals surface area contributed by atoms with Gasteiger partial charge in [-0.15, -0.1) is 0 Å². The molecule has 0 saturated heterocycles. The maximum atomic E-state index is 12.7. The third-order valence-electron chi connectivity index (χ3n) is 2.34. The lowest BCUT2D eigenvalue weighted by molar-refractivity contribution is -0.183. The molecule has 2 N–H and O–H groups in total. The average Bonchev–Trinajstić information content (AvgIpc) is 2.90. The van der Waals surface area contributed by atoms with Crippen molar-refractivity contribution in [2.75, 3.05) is 12.3 Å². The van der Waals surface area contributed by atoms with Gasteiger partial charge in [-0.1, -0.05) is 0 Å². The Hall–Kier alpha value is -2.46. The summed E-state index contributed by atoms with van der Waals surface area (Å²) in [6.45, 7) is -0.506. The van der Waals surface area contributed by atoms with Crippen molar-refractivity contribution in [3.8, 4) is 11.7 Å². The Labute approximate surface area is 115 Å². The molecular weight excluding hydrogens is 296 g/mol. The van der Waals surface area contributed by atoms with Crippen LogP contribution < -0.4 is 10.5 Å². The predicted molar refractivity (Wildman–Crippen MR) is 62.4 cm³/mol. The van der Waals surface area contributed by atoms with E-state index >= 15 is 0 Å². The molecule has 1 unspecified atom stereocenters. The number of hydrogen-bond donors (Lipinski definition) is 1. The van der Waals surface area contributed by atoms with E-state index in [1.807, 2.05) is 0 Å². The van der Waals surface area contributed by atoms with Gasteiger partial charge in [-0.2, -0.15) is 28.2 Å². The maximum Gasteiger partial charge on any atom is 0.419 e. The number of aromatic nitrogens is 5. The third kappa shape index (κ3) is 4.00. The first-order chi connectivity index (χ1) is 9.86. The zero-order valence-corrected chi connectivity index (χ0v) is 10.5. The van der Waals surface area contributed by atoms with Crippen LogP contribution in [0.1, 0.15) is 6.42 Å². The minimum absolute atomic E-state index is 0.0811. The van der Waals surface area contributed by atoms with Gasteiger partial charge in [-0.05, 0) is 0 Å². The van der Waals surface area contributed by atoms with Crippen LogP contribution in [0.15, 0.2) is 18.7 Å².